The third-order valence-electron chi connectivity index (χ3n) is 6.80. The van der Waals surface area contributed by atoms with Crippen molar-refractivity contribution in [2.24, 2.45) is 5.10 Å². The van der Waals surface area contributed by atoms with Gasteiger partial charge in [-0.1, -0.05) is 44.7 Å². The summed E-state index contributed by atoms with van der Waals surface area (Å²) in [6.07, 6.45) is 1.55. The summed E-state index contributed by atoms with van der Waals surface area (Å²) in [5.74, 6) is 1.70. The molecule has 0 N–H and O–H groups in total. The van der Waals surface area contributed by atoms with Gasteiger partial charge in [0.2, 0.25) is 0 Å². The first-order valence-corrected chi connectivity index (χ1v) is 15.3. The number of aryl methyl sites for hydroxylation is 1. The molecule has 0 aliphatic carbocycles. The molecular formula is C27H42N3O2PS. The van der Waals surface area contributed by atoms with Gasteiger partial charge in [0.15, 0.2) is 5.34 Å². The molecule has 2 atom stereocenters. The van der Waals surface area contributed by atoms with Crippen LogP contribution >= 0.6 is 6.19 Å². The molecular weight excluding hydrogens is 461 g/mol. The predicted octanol–water partition coefficient (Wildman–Crippen LogP) is 6.38. The second-order valence-electron chi connectivity index (χ2n) is 8.89. The molecule has 0 bridgehead atoms. The van der Waals surface area contributed by atoms with Gasteiger partial charge in [0.25, 0.3) is 0 Å². The summed E-state index contributed by atoms with van der Waals surface area (Å²) >= 11 is 6.18. The topological polar surface area (TPSA) is 37.3 Å². The third kappa shape index (κ3) is 7.07. The highest BCUT2D eigenvalue weighted by Crippen LogP contribution is 2.59. The Balaban J connectivity index is 2.13. The highest BCUT2D eigenvalue weighted by atomic mass is 32.4. The van der Waals surface area contributed by atoms with Crippen molar-refractivity contribution in [2.75, 3.05) is 40.5 Å². The molecule has 0 saturated carbocycles. The quantitative estimate of drug-likeness (QED) is 0.180. The molecule has 0 heterocycles. The lowest BCUT2D eigenvalue weighted by Crippen LogP contribution is -2.35. The minimum Gasteiger partial charge on any atom is -0.497 e. The van der Waals surface area contributed by atoms with Gasteiger partial charge in [-0.25, -0.2) is 0 Å². The summed E-state index contributed by atoms with van der Waals surface area (Å²) in [6, 6.07) is 14.5. The highest BCUT2D eigenvalue weighted by molar-refractivity contribution is 8.13. The van der Waals surface area contributed by atoms with Crippen LogP contribution in [-0.2, 0) is 18.2 Å². The average Bonchev–Trinajstić information content (AvgIpc) is 2.84. The molecule has 7 heteroatoms. The van der Waals surface area contributed by atoms with E-state index in [0.717, 1.165) is 55.1 Å². The largest absolute Gasteiger partial charge is 0.497 e. The van der Waals surface area contributed by atoms with E-state index in [1.54, 1.807) is 7.11 Å². The minimum atomic E-state index is -2.17. The van der Waals surface area contributed by atoms with Crippen LogP contribution in [0.5, 0.6) is 11.5 Å². The van der Waals surface area contributed by atoms with Gasteiger partial charge in [0, 0.05) is 13.6 Å². The van der Waals surface area contributed by atoms with Gasteiger partial charge in [-0.05, 0) is 93.5 Å². The van der Waals surface area contributed by atoms with Gasteiger partial charge in [-0.15, -0.1) is 0 Å². The molecule has 2 rings (SSSR count). The molecule has 5 nitrogen and oxygen atoms in total. The monoisotopic (exact) mass is 503 g/mol. The molecule has 2 unspecified atom stereocenters. The Labute approximate surface area is 212 Å². The second-order valence-corrected chi connectivity index (χ2v) is 14.3. The first-order valence-electron chi connectivity index (χ1n) is 12.1. The van der Waals surface area contributed by atoms with Gasteiger partial charge in [-0.3, -0.25) is 4.78 Å². The zero-order valence-corrected chi connectivity index (χ0v) is 23.9. The molecule has 2 aromatic carbocycles. The van der Waals surface area contributed by atoms with E-state index in [0.29, 0.717) is 0 Å². The van der Waals surface area contributed by atoms with Crippen molar-refractivity contribution in [3.63, 3.8) is 0 Å². The number of hydrogen-bond donors (Lipinski definition) is 0. The van der Waals surface area contributed by atoms with Gasteiger partial charge < -0.3 is 14.4 Å². The fourth-order valence-corrected chi connectivity index (χ4v) is 6.07. The zero-order valence-electron chi connectivity index (χ0n) is 22.2. The predicted molar refractivity (Wildman–Crippen MR) is 151 cm³/mol. The van der Waals surface area contributed by atoms with E-state index >= 15 is 0 Å². The van der Waals surface area contributed by atoms with Crippen molar-refractivity contribution in [3.8, 4) is 11.5 Å². The number of likely N-dealkylation sites (N-methyl/N-ethyl adjacent to an activating group) is 1. The van der Waals surface area contributed by atoms with Crippen LogP contribution in [0.25, 0.3) is 0 Å². The summed E-state index contributed by atoms with van der Waals surface area (Å²) in [5, 5.41) is 4.23. The fourth-order valence-electron chi connectivity index (χ4n) is 3.73. The third-order valence-corrected chi connectivity index (χ3v) is 12.0. The van der Waals surface area contributed by atoms with E-state index in [-0.39, 0.29) is 0 Å². The number of methoxy groups -OCH3 is 1. The summed E-state index contributed by atoms with van der Waals surface area (Å²) in [6.45, 7) is 16.1. The Morgan fingerprint density at radius 2 is 1.68 bits per heavy atom. The zero-order chi connectivity index (χ0) is 25.4. The first-order chi connectivity index (χ1) is 16.1. The summed E-state index contributed by atoms with van der Waals surface area (Å²) in [5.41, 5.74) is 3.48. The normalized spacial score (nSPS) is 15.2. The lowest BCUT2D eigenvalue weighted by molar-refractivity contribution is 0.167. The van der Waals surface area contributed by atoms with Crippen LogP contribution in [0.15, 0.2) is 47.6 Å². The van der Waals surface area contributed by atoms with E-state index in [2.05, 4.69) is 70.4 Å². The summed E-state index contributed by atoms with van der Waals surface area (Å²) in [7, 11) is 3.64. The summed E-state index contributed by atoms with van der Waals surface area (Å²) < 4.78 is 13.8. The smallest absolute Gasteiger partial charge is 0.152 e. The number of hydrazone groups is 1. The Morgan fingerprint density at radius 1 is 1.06 bits per heavy atom. The van der Waals surface area contributed by atoms with Gasteiger partial charge in [-0.2, -0.15) is 5.10 Å². The lowest BCUT2D eigenvalue weighted by atomic mass is 10.1. The first kappa shape index (κ1) is 28.4. The standard InChI is InChI=1S/C27H42N3O2PS/c1-9-27(5,32-25-15-12-23(13-16-25)18-19-30(10-2)11-3)33(8,34)29(6)28-21-24-14-17-26(31-7)20-22(24)4/h12-17,20-21H,9-11,18-19H2,1-8H3. The Hall–Kier alpha value is -1.88. The van der Waals surface area contributed by atoms with E-state index < -0.39 is 11.5 Å². The van der Waals surface area contributed by atoms with Crippen molar-refractivity contribution in [1.82, 2.24) is 9.68 Å². The number of ether oxygens (including phenoxy) is 2. The van der Waals surface area contributed by atoms with Gasteiger partial charge in [0.1, 0.15) is 11.5 Å². The van der Waals surface area contributed by atoms with Crippen molar-refractivity contribution in [3.05, 3.63) is 59.2 Å². The summed E-state index contributed by atoms with van der Waals surface area (Å²) in [4.78, 5) is 2.44. The maximum absolute atomic E-state index is 6.57. The minimum absolute atomic E-state index is 0.508. The van der Waals surface area contributed by atoms with E-state index in [1.807, 2.05) is 36.2 Å². The van der Waals surface area contributed by atoms with Crippen LogP contribution in [-0.4, -0.2) is 61.7 Å². The van der Waals surface area contributed by atoms with Crippen LogP contribution in [0.3, 0.4) is 0 Å². The maximum Gasteiger partial charge on any atom is 0.152 e. The molecule has 0 fully saturated rings. The molecule has 0 saturated heterocycles. The van der Waals surface area contributed by atoms with Crippen LogP contribution in [0.1, 0.15) is 50.8 Å². The molecule has 0 spiro atoms. The highest BCUT2D eigenvalue weighted by Gasteiger charge is 2.40. The molecule has 2 aromatic rings. The SMILES string of the molecule is CCN(CC)CCc1ccc(OC(C)(CC)P(C)(=S)N(C)N=Cc2ccc(OC)cc2C)cc1. The van der Waals surface area contributed by atoms with Crippen LogP contribution in [0.2, 0.25) is 0 Å². The van der Waals surface area contributed by atoms with Crippen LogP contribution in [0.4, 0.5) is 0 Å². The van der Waals surface area contributed by atoms with Gasteiger partial charge in [0.05, 0.1) is 19.5 Å². The van der Waals surface area contributed by atoms with E-state index in [9.17, 15) is 0 Å². The number of rotatable bonds is 13. The molecule has 0 aliphatic rings. The Morgan fingerprint density at radius 3 is 2.21 bits per heavy atom. The fraction of sp³-hybridized carbons (Fsp3) is 0.519. The number of nitrogens with zero attached hydrogens (tertiary/aromatic N) is 3. The molecule has 0 radical (unpaired) electrons. The average molecular weight is 504 g/mol. The Bertz CT molecular complexity index is 992. The van der Waals surface area contributed by atoms with Crippen molar-refractivity contribution >= 4 is 24.2 Å². The van der Waals surface area contributed by atoms with Crippen LogP contribution < -0.4 is 9.47 Å². The van der Waals surface area contributed by atoms with Crippen molar-refractivity contribution < 1.29 is 9.47 Å². The van der Waals surface area contributed by atoms with Crippen molar-refractivity contribution in [1.29, 1.82) is 0 Å². The maximum atomic E-state index is 6.57. The molecule has 0 aromatic heterocycles. The lowest BCUT2D eigenvalue weighted by Gasteiger charge is -2.42. The Kier molecular flexibility index (Phi) is 10.6. The molecule has 0 aliphatic heterocycles. The second kappa shape index (κ2) is 12.7. The molecule has 34 heavy (non-hydrogen) atoms. The number of benzene rings is 2. The van der Waals surface area contributed by atoms with Gasteiger partial charge >= 0.3 is 0 Å². The molecule has 188 valence electrons. The van der Waals surface area contributed by atoms with E-state index in [1.165, 1.54) is 5.56 Å². The number of hydrogen-bond acceptors (Lipinski definition) is 5. The van der Waals surface area contributed by atoms with Crippen molar-refractivity contribution in [2.45, 2.75) is 52.8 Å². The molecule has 0 amide bonds. The van der Waals surface area contributed by atoms with Crippen LogP contribution in [0, 0.1) is 6.92 Å². The van der Waals surface area contributed by atoms with E-state index in [4.69, 9.17) is 26.4 Å².